The number of nitrogens with one attached hydrogen (secondary N) is 1. The Kier molecular flexibility index (Phi) is 3.40. The van der Waals surface area contributed by atoms with Crippen LogP contribution in [0.3, 0.4) is 0 Å². The number of hydrogen-bond acceptors (Lipinski definition) is 4. The molecule has 0 amide bonds. The van der Waals surface area contributed by atoms with Crippen molar-refractivity contribution in [2.75, 3.05) is 7.05 Å². The molecule has 0 fully saturated rings. The first-order valence-corrected chi connectivity index (χ1v) is 5.46. The van der Waals surface area contributed by atoms with Gasteiger partial charge in [-0.2, -0.15) is 0 Å². The minimum absolute atomic E-state index is 0.0881. The van der Waals surface area contributed by atoms with Gasteiger partial charge < -0.3 is 9.73 Å². The lowest BCUT2D eigenvalue weighted by molar-refractivity contribution is 0.439. The summed E-state index contributed by atoms with van der Waals surface area (Å²) < 4.78 is 19.0. The van der Waals surface area contributed by atoms with Crippen molar-refractivity contribution in [3.8, 4) is 11.5 Å². The molecule has 1 aromatic heterocycles. The Balaban J connectivity index is 2.44. The highest BCUT2D eigenvalue weighted by atomic mass is 35.5. The third-order valence-corrected chi connectivity index (χ3v) is 2.74. The highest BCUT2D eigenvalue weighted by Crippen LogP contribution is 2.30. The van der Waals surface area contributed by atoms with E-state index in [-0.39, 0.29) is 22.5 Å². The lowest BCUT2D eigenvalue weighted by Crippen LogP contribution is -2.12. The molecule has 0 aliphatic rings. The van der Waals surface area contributed by atoms with Crippen LogP contribution in [-0.4, -0.2) is 17.2 Å². The molecule has 0 bridgehead atoms. The van der Waals surface area contributed by atoms with Gasteiger partial charge in [0.1, 0.15) is 5.82 Å². The van der Waals surface area contributed by atoms with Crippen LogP contribution in [0.4, 0.5) is 4.39 Å². The number of halogens is 2. The van der Waals surface area contributed by atoms with Gasteiger partial charge in [0.15, 0.2) is 0 Å². The topological polar surface area (TPSA) is 51.0 Å². The van der Waals surface area contributed by atoms with Crippen LogP contribution in [0, 0.1) is 5.82 Å². The first-order valence-electron chi connectivity index (χ1n) is 5.08. The summed E-state index contributed by atoms with van der Waals surface area (Å²) in [6.45, 7) is 1.86. The van der Waals surface area contributed by atoms with E-state index in [0.717, 1.165) is 0 Å². The maximum atomic E-state index is 13.6. The van der Waals surface area contributed by atoms with E-state index in [1.165, 1.54) is 12.1 Å². The molecule has 1 N–H and O–H groups in total. The van der Waals surface area contributed by atoms with Gasteiger partial charge in [-0.3, -0.25) is 0 Å². The van der Waals surface area contributed by atoms with Crippen LogP contribution in [0.5, 0.6) is 0 Å². The van der Waals surface area contributed by atoms with Gasteiger partial charge in [0.05, 0.1) is 16.6 Å². The average Bonchev–Trinajstić information content (AvgIpc) is 2.77. The highest BCUT2D eigenvalue weighted by molar-refractivity contribution is 6.33. The third kappa shape index (κ3) is 2.30. The van der Waals surface area contributed by atoms with E-state index >= 15 is 0 Å². The molecule has 1 atom stereocenters. The normalized spacial score (nSPS) is 12.7. The molecule has 0 saturated carbocycles. The molecule has 2 aromatic rings. The van der Waals surface area contributed by atoms with Crippen molar-refractivity contribution in [2.45, 2.75) is 13.0 Å². The van der Waals surface area contributed by atoms with Crippen molar-refractivity contribution < 1.29 is 8.81 Å². The lowest BCUT2D eigenvalue weighted by Gasteiger charge is -2.03. The predicted molar refractivity (Wildman–Crippen MR) is 62.2 cm³/mol. The van der Waals surface area contributed by atoms with Crippen LogP contribution in [0.1, 0.15) is 18.9 Å². The summed E-state index contributed by atoms with van der Waals surface area (Å²) in [4.78, 5) is 0. The molecule has 0 radical (unpaired) electrons. The number of rotatable bonds is 3. The van der Waals surface area contributed by atoms with Gasteiger partial charge in [-0.25, -0.2) is 4.39 Å². The molecule has 1 unspecified atom stereocenters. The van der Waals surface area contributed by atoms with Crippen LogP contribution in [-0.2, 0) is 0 Å². The van der Waals surface area contributed by atoms with E-state index in [2.05, 4.69) is 15.5 Å². The molecule has 0 aliphatic carbocycles. The maximum absolute atomic E-state index is 13.6. The van der Waals surface area contributed by atoms with Gasteiger partial charge >= 0.3 is 0 Å². The second-order valence-electron chi connectivity index (χ2n) is 3.55. The Hall–Kier alpha value is -1.46. The molecule has 0 aliphatic heterocycles. The molecular formula is C11H11ClFN3O. The van der Waals surface area contributed by atoms with Crippen LogP contribution in [0.2, 0.25) is 5.02 Å². The van der Waals surface area contributed by atoms with Crippen molar-refractivity contribution in [2.24, 2.45) is 0 Å². The zero-order valence-corrected chi connectivity index (χ0v) is 10.1. The fourth-order valence-electron chi connectivity index (χ4n) is 1.34. The first-order chi connectivity index (χ1) is 8.13. The molecule has 6 heteroatoms. The van der Waals surface area contributed by atoms with Gasteiger partial charge in [-0.05, 0) is 26.1 Å². The number of aromatic nitrogens is 2. The van der Waals surface area contributed by atoms with E-state index in [0.29, 0.717) is 5.89 Å². The molecule has 1 heterocycles. The molecular weight excluding hydrogens is 245 g/mol. The Labute approximate surface area is 103 Å². The van der Waals surface area contributed by atoms with Gasteiger partial charge in [0.2, 0.25) is 5.89 Å². The minimum atomic E-state index is -0.482. The maximum Gasteiger partial charge on any atom is 0.252 e. The third-order valence-electron chi connectivity index (χ3n) is 2.42. The first kappa shape index (κ1) is 12.0. The summed E-state index contributed by atoms with van der Waals surface area (Å²) in [6.07, 6.45) is 0. The number of benzene rings is 1. The van der Waals surface area contributed by atoms with E-state index in [1.54, 1.807) is 13.1 Å². The Morgan fingerprint density at radius 3 is 2.82 bits per heavy atom. The molecule has 0 spiro atoms. The second-order valence-corrected chi connectivity index (χ2v) is 3.96. The van der Waals surface area contributed by atoms with Crippen LogP contribution >= 0.6 is 11.6 Å². The zero-order valence-electron chi connectivity index (χ0n) is 9.37. The zero-order chi connectivity index (χ0) is 12.4. The summed E-state index contributed by atoms with van der Waals surface area (Å²) in [5.41, 5.74) is 0.135. The number of nitrogens with zero attached hydrogens (tertiary/aromatic N) is 2. The van der Waals surface area contributed by atoms with Crippen LogP contribution < -0.4 is 5.32 Å². The summed E-state index contributed by atoms with van der Waals surface area (Å²) >= 11 is 5.90. The summed E-state index contributed by atoms with van der Waals surface area (Å²) in [6, 6.07) is 4.30. The Bertz CT molecular complexity index is 509. The van der Waals surface area contributed by atoms with Gasteiger partial charge in [-0.15, -0.1) is 10.2 Å². The fourth-order valence-corrected chi connectivity index (χ4v) is 1.58. The largest absolute Gasteiger partial charge is 0.419 e. The summed E-state index contributed by atoms with van der Waals surface area (Å²) in [7, 11) is 1.77. The molecule has 1 aromatic carbocycles. The monoisotopic (exact) mass is 255 g/mol. The van der Waals surface area contributed by atoms with E-state index in [9.17, 15) is 4.39 Å². The lowest BCUT2D eigenvalue weighted by atomic mass is 10.2. The Morgan fingerprint density at radius 1 is 1.41 bits per heavy atom. The molecule has 4 nitrogen and oxygen atoms in total. The van der Waals surface area contributed by atoms with Crippen molar-refractivity contribution in [1.29, 1.82) is 0 Å². The highest BCUT2D eigenvalue weighted by Gasteiger charge is 2.18. The average molecular weight is 256 g/mol. The standard InChI is InChI=1S/C11H11ClFN3O/c1-6(14-2)10-15-16-11(17-10)9-7(12)4-3-5-8(9)13/h3-6,14H,1-2H3. The van der Waals surface area contributed by atoms with Crippen molar-refractivity contribution >= 4 is 11.6 Å². The molecule has 17 heavy (non-hydrogen) atoms. The van der Waals surface area contributed by atoms with E-state index in [4.69, 9.17) is 16.0 Å². The number of hydrogen-bond donors (Lipinski definition) is 1. The molecule has 90 valence electrons. The summed E-state index contributed by atoms with van der Waals surface area (Å²) in [5.74, 6) is -0.00293. The van der Waals surface area contributed by atoms with Crippen molar-refractivity contribution in [3.63, 3.8) is 0 Å². The van der Waals surface area contributed by atoms with E-state index in [1.807, 2.05) is 6.92 Å². The Morgan fingerprint density at radius 2 is 2.18 bits per heavy atom. The van der Waals surface area contributed by atoms with Crippen LogP contribution in [0.25, 0.3) is 11.5 Å². The summed E-state index contributed by atoms with van der Waals surface area (Å²) in [5, 5.41) is 10.8. The smallest absolute Gasteiger partial charge is 0.252 e. The SMILES string of the molecule is CNC(C)c1nnc(-c2c(F)cccc2Cl)o1. The van der Waals surface area contributed by atoms with Crippen LogP contribution in [0.15, 0.2) is 22.6 Å². The van der Waals surface area contributed by atoms with Crippen molar-refractivity contribution in [3.05, 3.63) is 34.9 Å². The predicted octanol–water partition coefficient (Wildman–Crippen LogP) is 2.81. The van der Waals surface area contributed by atoms with Gasteiger partial charge in [0, 0.05) is 0 Å². The fraction of sp³-hybridized carbons (Fsp3) is 0.273. The minimum Gasteiger partial charge on any atom is -0.419 e. The van der Waals surface area contributed by atoms with Gasteiger partial charge in [0.25, 0.3) is 5.89 Å². The van der Waals surface area contributed by atoms with Gasteiger partial charge in [-0.1, -0.05) is 17.7 Å². The molecule has 2 rings (SSSR count). The van der Waals surface area contributed by atoms with E-state index < -0.39 is 5.82 Å². The second kappa shape index (κ2) is 4.81. The van der Waals surface area contributed by atoms with Crippen molar-refractivity contribution in [1.82, 2.24) is 15.5 Å². The molecule has 0 saturated heterocycles. The quantitative estimate of drug-likeness (QED) is 0.916.